The van der Waals surface area contributed by atoms with Crippen molar-refractivity contribution >= 4 is 17.3 Å². The van der Waals surface area contributed by atoms with Crippen LogP contribution in [0.15, 0.2) is 60.4 Å². The van der Waals surface area contributed by atoms with Crippen LogP contribution in [0.2, 0.25) is 0 Å². The van der Waals surface area contributed by atoms with Crippen molar-refractivity contribution < 1.29 is 9.53 Å². The summed E-state index contributed by atoms with van der Waals surface area (Å²) >= 11 is 0. The normalized spacial score (nSPS) is 18.0. The fourth-order valence-corrected chi connectivity index (χ4v) is 4.02. The number of likely N-dealkylation sites (N-methyl/N-ethyl adjacent to an activating group) is 1. The van der Waals surface area contributed by atoms with Crippen LogP contribution in [-0.4, -0.2) is 36.3 Å². The minimum Gasteiger partial charge on any atom is -0.497 e. The minimum atomic E-state index is -0.323. The fraction of sp³-hybridized carbons (Fsp3) is 0.250. The van der Waals surface area contributed by atoms with Crippen LogP contribution < -0.4 is 15.0 Å². The number of hydrogen-bond acceptors (Lipinski definition) is 4. The standard InChI is InChI=1S/C24H24N4O2/c1-28-22-10-9-19(30-2)12-20(22)23(17-7-8-17)27-21(24(28)29)11-15-3-5-16(6-4-15)18-13-25-26-14-18/h3-6,9-10,12-14,21,27H,7-8,11H2,1-2H3,(H,25,26). The molecule has 1 fully saturated rings. The average molecular weight is 400 g/mol. The van der Waals surface area contributed by atoms with E-state index < -0.39 is 0 Å². The van der Waals surface area contributed by atoms with E-state index >= 15 is 0 Å². The molecule has 30 heavy (non-hydrogen) atoms. The third kappa shape index (κ3) is 3.34. The van der Waals surface area contributed by atoms with E-state index in [0.29, 0.717) is 6.42 Å². The Bertz CT molecular complexity index is 1110. The number of fused-ring (bicyclic) bond motifs is 1. The maximum atomic E-state index is 13.3. The summed E-state index contributed by atoms with van der Waals surface area (Å²) in [5, 5.41) is 10.4. The van der Waals surface area contributed by atoms with Gasteiger partial charge in [-0.1, -0.05) is 24.3 Å². The zero-order chi connectivity index (χ0) is 20.7. The van der Waals surface area contributed by atoms with Crippen molar-refractivity contribution in [3.05, 3.63) is 71.6 Å². The van der Waals surface area contributed by atoms with Gasteiger partial charge in [-0.05, 0) is 47.7 Å². The summed E-state index contributed by atoms with van der Waals surface area (Å²) in [5.41, 5.74) is 7.68. The second-order valence-corrected chi connectivity index (χ2v) is 7.84. The zero-order valence-electron chi connectivity index (χ0n) is 17.1. The number of benzene rings is 2. The number of rotatable bonds is 4. The van der Waals surface area contributed by atoms with Gasteiger partial charge in [0.1, 0.15) is 11.8 Å². The molecule has 5 rings (SSSR count). The maximum absolute atomic E-state index is 13.3. The van der Waals surface area contributed by atoms with Gasteiger partial charge in [0.2, 0.25) is 5.91 Å². The second kappa shape index (κ2) is 7.37. The zero-order valence-corrected chi connectivity index (χ0v) is 17.1. The Hall–Kier alpha value is -3.54. The summed E-state index contributed by atoms with van der Waals surface area (Å²) in [7, 11) is 3.52. The SMILES string of the molecule is COc1ccc2c(c1)C(=C1CC1)NC(Cc1ccc(-c3cn[nH]c3)cc1)C(=O)N2C. The molecule has 0 spiro atoms. The van der Waals surface area contributed by atoms with Crippen molar-refractivity contribution in [3.63, 3.8) is 0 Å². The van der Waals surface area contributed by atoms with Gasteiger partial charge in [0, 0.05) is 36.5 Å². The minimum absolute atomic E-state index is 0.0663. The number of nitrogens with one attached hydrogen (secondary N) is 2. The molecule has 152 valence electrons. The number of carbonyl (C=O) groups is 1. The quantitative estimate of drug-likeness (QED) is 0.700. The van der Waals surface area contributed by atoms with Crippen molar-refractivity contribution in [3.8, 4) is 16.9 Å². The van der Waals surface area contributed by atoms with Crippen LogP contribution in [0.1, 0.15) is 24.0 Å². The number of methoxy groups -OCH3 is 1. The first-order valence-corrected chi connectivity index (χ1v) is 10.2. The molecule has 0 bridgehead atoms. The Labute approximate surface area is 175 Å². The van der Waals surface area contributed by atoms with Crippen LogP contribution in [0.3, 0.4) is 0 Å². The molecule has 2 aromatic carbocycles. The number of aromatic amines is 1. The van der Waals surface area contributed by atoms with Gasteiger partial charge >= 0.3 is 0 Å². The highest BCUT2D eigenvalue weighted by Crippen LogP contribution is 2.41. The largest absolute Gasteiger partial charge is 0.497 e. The highest BCUT2D eigenvalue weighted by Gasteiger charge is 2.33. The van der Waals surface area contributed by atoms with Gasteiger partial charge in [-0.15, -0.1) is 0 Å². The molecular weight excluding hydrogens is 376 g/mol. The van der Waals surface area contributed by atoms with Gasteiger partial charge in [0.05, 0.1) is 19.0 Å². The average Bonchev–Trinajstić information content (AvgIpc) is 3.49. The van der Waals surface area contributed by atoms with Crippen LogP contribution in [0.5, 0.6) is 5.75 Å². The fourth-order valence-electron chi connectivity index (χ4n) is 4.02. The van der Waals surface area contributed by atoms with Crippen molar-refractivity contribution in [2.75, 3.05) is 19.1 Å². The number of carbonyl (C=O) groups excluding carboxylic acids is 1. The highest BCUT2D eigenvalue weighted by molar-refractivity contribution is 6.03. The Morgan fingerprint density at radius 2 is 1.93 bits per heavy atom. The molecule has 6 heteroatoms. The molecule has 1 amide bonds. The van der Waals surface area contributed by atoms with E-state index in [4.69, 9.17) is 4.74 Å². The Morgan fingerprint density at radius 3 is 2.60 bits per heavy atom. The number of nitrogens with zero attached hydrogens (tertiary/aromatic N) is 2. The number of H-pyrrole nitrogens is 1. The van der Waals surface area contributed by atoms with E-state index in [9.17, 15) is 4.79 Å². The van der Waals surface area contributed by atoms with Crippen LogP contribution in [0, 0.1) is 0 Å². The summed E-state index contributed by atoms with van der Waals surface area (Å²) in [6.07, 6.45) is 6.45. The molecule has 3 aromatic rings. The lowest BCUT2D eigenvalue weighted by molar-refractivity contribution is -0.119. The molecule has 2 N–H and O–H groups in total. The summed E-state index contributed by atoms with van der Waals surface area (Å²) in [6.45, 7) is 0. The maximum Gasteiger partial charge on any atom is 0.249 e. The number of aromatic nitrogens is 2. The molecule has 1 unspecified atom stereocenters. The second-order valence-electron chi connectivity index (χ2n) is 7.84. The van der Waals surface area contributed by atoms with Crippen LogP contribution in [0.25, 0.3) is 16.8 Å². The van der Waals surface area contributed by atoms with Gasteiger partial charge < -0.3 is 15.0 Å². The van der Waals surface area contributed by atoms with Gasteiger partial charge in [-0.2, -0.15) is 5.10 Å². The summed E-state index contributed by atoms with van der Waals surface area (Å²) in [4.78, 5) is 15.1. The lowest BCUT2D eigenvalue weighted by Crippen LogP contribution is -2.43. The molecule has 1 atom stereocenters. The summed E-state index contributed by atoms with van der Waals surface area (Å²) in [6, 6.07) is 13.9. The first kappa shape index (κ1) is 18.5. The molecule has 2 aliphatic rings. The van der Waals surface area contributed by atoms with Crippen molar-refractivity contribution in [2.24, 2.45) is 0 Å². The molecule has 1 aliphatic carbocycles. The van der Waals surface area contributed by atoms with Crippen molar-refractivity contribution in [2.45, 2.75) is 25.3 Å². The van der Waals surface area contributed by atoms with E-state index in [1.807, 2.05) is 31.4 Å². The molecular formula is C24H24N4O2. The van der Waals surface area contributed by atoms with E-state index in [1.54, 1.807) is 18.2 Å². The first-order chi connectivity index (χ1) is 14.6. The first-order valence-electron chi connectivity index (χ1n) is 10.2. The Balaban J connectivity index is 1.45. The van der Waals surface area contributed by atoms with Crippen LogP contribution >= 0.6 is 0 Å². The van der Waals surface area contributed by atoms with Crippen molar-refractivity contribution in [1.82, 2.24) is 15.5 Å². The molecule has 0 saturated heterocycles. The summed E-state index contributed by atoms with van der Waals surface area (Å²) < 4.78 is 5.44. The third-order valence-electron chi connectivity index (χ3n) is 5.86. The topological polar surface area (TPSA) is 70.2 Å². The number of hydrogen-bond donors (Lipinski definition) is 2. The van der Waals surface area contributed by atoms with Gasteiger partial charge in [-0.25, -0.2) is 0 Å². The van der Waals surface area contributed by atoms with E-state index in [2.05, 4.69) is 39.8 Å². The smallest absolute Gasteiger partial charge is 0.249 e. The van der Waals surface area contributed by atoms with E-state index in [1.165, 1.54) is 5.57 Å². The molecule has 1 aliphatic heterocycles. The lowest BCUT2D eigenvalue weighted by Gasteiger charge is -2.21. The Kier molecular flexibility index (Phi) is 4.54. The predicted molar refractivity (Wildman–Crippen MR) is 117 cm³/mol. The van der Waals surface area contributed by atoms with Gasteiger partial charge in [-0.3, -0.25) is 9.89 Å². The molecule has 0 radical (unpaired) electrons. The monoisotopic (exact) mass is 400 g/mol. The van der Waals surface area contributed by atoms with Gasteiger partial charge in [0.25, 0.3) is 0 Å². The number of anilines is 1. The van der Waals surface area contributed by atoms with Crippen LogP contribution in [-0.2, 0) is 11.2 Å². The van der Waals surface area contributed by atoms with Crippen molar-refractivity contribution in [1.29, 1.82) is 0 Å². The number of amides is 1. The molecule has 2 heterocycles. The number of allylic oxidation sites excluding steroid dienone is 1. The molecule has 1 saturated carbocycles. The highest BCUT2D eigenvalue weighted by atomic mass is 16.5. The van der Waals surface area contributed by atoms with Crippen LogP contribution in [0.4, 0.5) is 5.69 Å². The lowest BCUT2D eigenvalue weighted by atomic mass is 10.0. The molecule has 1 aromatic heterocycles. The number of ether oxygens (including phenoxy) is 1. The van der Waals surface area contributed by atoms with E-state index in [-0.39, 0.29) is 11.9 Å². The molecule has 6 nitrogen and oxygen atoms in total. The summed E-state index contributed by atoms with van der Waals surface area (Å²) in [5.74, 6) is 0.861. The van der Waals surface area contributed by atoms with E-state index in [0.717, 1.165) is 52.2 Å². The third-order valence-corrected chi connectivity index (χ3v) is 5.86. The van der Waals surface area contributed by atoms with Gasteiger partial charge in [0.15, 0.2) is 0 Å². The predicted octanol–water partition coefficient (Wildman–Crippen LogP) is 3.77. The Morgan fingerprint density at radius 1 is 1.13 bits per heavy atom.